The van der Waals surface area contributed by atoms with E-state index in [0.29, 0.717) is 12.3 Å². The maximum atomic E-state index is 14.0. The zero-order valence-electron chi connectivity index (χ0n) is 11.1. The van der Waals surface area contributed by atoms with Crippen molar-refractivity contribution in [3.8, 4) is 0 Å². The van der Waals surface area contributed by atoms with Crippen molar-refractivity contribution in [1.29, 1.82) is 0 Å². The summed E-state index contributed by atoms with van der Waals surface area (Å²) in [5.74, 6) is -0.564. The van der Waals surface area contributed by atoms with Crippen LogP contribution in [0.1, 0.15) is 17.1 Å². The monoisotopic (exact) mass is 296 g/mol. The Morgan fingerprint density at radius 3 is 2.50 bits per heavy atom. The number of hydrogen-bond acceptors (Lipinski definition) is 3. The molecule has 1 heterocycles. The van der Waals surface area contributed by atoms with E-state index >= 15 is 0 Å². The van der Waals surface area contributed by atoms with E-state index in [2.05, 4.69) is 12.2 Å². The number of nitrogens with two attached hydrogens (primary N) is 1. The Morgan fingerprint density at radius 2 is 1.95 bits per heavy atom. The lowest BCUT2D eigenvalue weighted by Crippen LogP contribution is -2.20. The van der Waals surface area contributed by atoms with Crippen molar-refractivity contribution in [3.63, 3.8) is 0 Å². The van der Waals surface area contributed by atoms with Gasteiger partial charge in [-0.2, -0.15) is 0 Å². The summed E-state index contributed by atoms with van der Waals surface area (Å²) in [5, 5.41) is 0. The van der Waals surface area contributed by atoms with Gasteiger partial charge in [0.2, 0.25) is 0 Å². The predicted octanol–water partition coefficient (Wildman–Crippen LogP) is 3.14. The van der Waals surface area contributed by atoms with Crippen molar-refractivity contribution in [2.24, 2.45) is 5.73 Å². The van der Waals surface area contributed by atoms with Gasteiger partial charge in [-0.15, -0.1) is 0 Å². The summed E-state index contributed by atoms with van der Waals surface area (Å²) in [6.45, 7) is 2.15. The Bertz CT molecular complexity index is 655. The number of aryl methyl sites for hydroxylation is 1. The molecule has 6 heteroatoms. The molecule has 0 aliphatic carbocycles. The Balaban J connectivity index is 2.28. The Kier molecular flexibility index (Phi) is 4.04. The van der Waals surface area contributed by atoms with Gasteiger partial charge in [0.15, 0.2) is 11.6 Å². The summed E-state index contributed by atoms with van der Waals surface area (Å²) in [5.41, 5.74) is 5.36. The van der Waals surface area contributed by atoms with Gasteiger partial charge in [-0.3, -0.25) is 0 Å². The van der Waals surface area contributed by atoms with Gasteiger partial charge < -0.3 is 15.1 Å². The normalized spacial score (nSPS) is 10.6. The minimum Gasteiger partial charge on any atom is -0.464 e. The van der Waals surface area contributed by atoms with Gasteiger partial charge in [-0.05, 0) is 31.2 Å². The molecule has 3 nitrogen and oxygen atoms in total. The predicted molar refractivity (Wildman–Crippen MR) is 77.8 cm³/mol. The first-order valence-corrected chi connectivity index (χ1v) is 6.35. The van der Waals surface area contributed by atoms with E-state index in [1.807, 2.05) is 13.0 Å². The molecule has 0 radical (unpaired) electrons. The van der Waals surface area contributed by atoms with Crippen molar-refractivity contribution >= 4 is 22.9 Å². The van der Waals surface area contributed by atoms with Gasteiger partial charge in [-0.1, -0.05) is 12.2 Å². The number of rotatable bonds is 4. The van der Waals surface area contributed by atoms with Gasteiger partial charge in [0, 0.05) is 12.6 Å². The zero-order valence-corrected chi connectivity index (χ0v) is 11.9. The highest BCUT2D eigenvalue weighted by Gasteiger charge is 2.18. The summed E-state index contributed by atoms with van der Waals surface area (Å²) in [6.07, 6.45) is 0. The van der Waals surface area contributed by atoms with Crippen molar-refractivity contribution < 1.29 is 13.2 Å². The van der Waals surface area contributed by atoms with Crippen LogP contribution in [0.5, 0.6) is 0 Å². The van der Waals surface area contributed by atoms with E-state index < -0.39 is 11.6 Å². The van der Waals surface area contributed by atoms with E-state index in [-0.39, 0.29) is 16.2 Å². The smallest absolute Gasteiger partial charge is 0.182 e. The van der Waals surface area contributed by atoms with Crippen molar-refractivity contribution in [2.75, 3.05) is 11.9 Å². The molecule has 2 N–H and O–H groups in total. The van der Waals surface area contributed by atoms with E-state index in [1.54, 1.807) is 18.0 Å². The molecule has 0 amide bonds. The lowest BCUT2D eigenvalue weighted by Gasteiger charge is -2.19. The Hall–Kier alpha value is -1.95. The molecule has 0 saturated carbocycles. The van der Waals surface area contributed by atoms with Crippen LogP contribution in [0.2, 0.25) is 0 Å². The van der Waals surface area contributed by atoms with E-state index in [1.165, 1.54) is 12.1 Å². The average Bonchev–Trinajstić information content (AvgIpc) is 2.77. The fourth-order valence-corrected chi connectivity index (χ4v) is 2.07. The van der Waals surface area contributed by atoms with Gasteiger partial charge in [-0.25, -0.2) is 8.78 Å². The minimum absolute atomic E-state index is 0.0940. The average molecular weight is 296 g/mol. The first-order chi connectivity index (χ1) is 9.40. The highest BCUT2D eigenvalue weighted by atomic mass is 32.1. The molecule has 2 aromatic rings. The summed E-state index contributed by atoms with van der Waals surface area (Å²) < 4.78 is 33.3. The summed E-state index contributed by atoms with van der Waals surface area (Å²) in [6, 6.07) is 6.43. The third-order valence-electron chi connectivity index (χ3n) is 2.93. The summed E-state index contributed by atoms with van der Waals surface area (Å²) in [7, 11) is 1.65. The number of halogens is 2. The molecule has 2 rings (SSSR count). The number of furan rings is 1. The molecule has 0 aliphatic heterocycles. The SMILES string of the molecule is Cc1ccc(CN(C)c2ccc(C(N)=S)c(F)c2F)o1. The second-order valence-electron chi connectivity index (χ2n) is 4.49. The highest BCUT2D eigenvalue weighted by molar-refractivity contribution is 7.80. The molecule has 1 aromatic carbocycles. The van der Waals surface area contributed by atoms with Gasteiger partial charge >= 0.3 is 0 Å². The number of anilines is 1. The second-order valence-corrected chi connectivity index (χ2v) is 4.93. The van der Waals surface area contributed by atoms with E-state index in [0.717, 1.165) is 5.76 Å². The zero-order chi connectivity index (χ0) is 14.9. The highest BCUT2D eigenvalue weighted by Crippen LogP contribution is 2.25. The van der Waals surface area contributed by atoms with Crippen LogP contribution in [0.3, 0.4) is 0 Å². The molecular weight excluding hydrogens is 282 g/mol. The fourth-order valence-electron chi connectivity index (χ4n) is 1.91. The molecule has 20 heavy (non-hydrogen) atoms. The molecule has 0 bridgehead atoms. The molecule has 0 unspecified atom stereocenters. The molecule has 0 fully saturated rings. The molecule has 0 aliphatic rings. The van der Waals surface area contributed by atoms with Crippen molar-refractivity contribution in [2.45, 2.75) is 13.5 Å². The lowest BCUT2D eigenvalue weighted by molar-refractivity contribution is 0.476. The molecule has 0 saturated heterocycles. The van der Waals surface area contributed by atoms with Crippen LogP contribution >= 0.6 is 12.2 Å². The van der Waals surface area contributed by atoms with Crippen LogP contribution in [-0.4, -0.2) is 12.0 Å². The molecular formula is C14H14F2N2OS. The quantitative estimate of drug-likeness (QED) is 0.880. The van der Waals surface area contributed by atoms with Gasteiger partial charge in [0.1, 0.15) is 16.5 Å². The van der Waals surface area contributed by atoms with Gasteiger partial charge in [0.25, 0.3) is 0 Å². The van der Waals surface area contributed by atoms with E-state index in [4.69, 9.17) is 10.2 Å². The minimum atomic E-state index is -1.03. The first kappa shape index (κ1) is 14.5. The van der Waals surface area contributed by atoms with Crippen molar-refractivity contribution in [3.05, 3.63) is 53.0 Å². The van der Waals surface area contributed by atoms with Crippen LogP contribution in [0.15, 0.2) is 28.7 Å². The largest absolute Gasteiger partial charge is 0.464 e. The molecule has 0 spiro atoms. The standard InChI is InChI=1S/C14H14F2N2OS/c1-8-3-4-9(19-8)7-18(2)11-6-5-10(14(17)20)12(15)13(11)16/h3-6H,7H2,1-2H3,(H2,17,20). The maximum Gasteiger partial charge on any atom is 0.182 e. The number of thiocarbonyl (C=S) groups is 1. The first-order valence-electron chi connectivity index (χ1n) is 5.94. The lowest BCUT2D eigenvalue weighted by atomic mass is 10.1. The van der Waals surface area contributed by atoms with Crippen LogP contribution in [-0.2, 0) is 6.54 Å². The number of nitrogens with zero attached hydrogens (tertiary/aromatic N) is 1. The fraction of sp³-hybridized carbons (Fsp3) is 0.214. The Labute approximate surface area is 121 Å². The molecule has 1 aromatic heterocycles. The summed E-state index contributed by atoms with van der Waals surface area (Å²) in [4.78, 5) is 1.39. The Morgan fingerprint density at radius 1 is 1.25 bits per heavy atom. The third kappa shape index (κ3) is 2.80. The number of benzene rings is 1. The molecule has 0 atom stereocenters. The van der Waals surface area contributed by atoms with Gasteiger partial charge in [0.05, 0.1) is 12.2 Å². The topological polar surface area (TPSA) is 42.4 Å². The van der Waals surface area contributed by atoms with Crippen LogP contribution in [0.4, 0.5) is 14.5 Å². The van der Waals surface area contributed by atoms with Crippen LogP contribution in [0.25, 0.3) is 0 Å². The van der Waals surface area contributed by atoms with Crippen LogP contribution < -0.4 is 10.6 Å². The van der Waals surface area contributed by atoms with Crippen molar-refractivity contribution in [1.82, 2.24) is 0 Å². The van der Waals surface area contributed by atoms with E-state index in [9.17, 15) is 8.78 Å². The molecule has 106 valence electrons. The number of hydrogen-bond donors (Lipinski definition) is 1. The summed E-state index contributed by atoms with van der Waals surface area (Å²) >= 11 is 4.67. The third-order valence-corrected chi connectivity index (χ3v) is 3.15. The maximum absolute atomic E-state index is 14.0. The second kappa shape index (κ2) is 5.58. The van der Waals surface area contributed by atoms with Crippen LogP contribution in [0, 0.1) is 18.6 Å².